The maximum absolute atomic E-state index is 12.7. The van der Waals surface area contributed by atoms with E-state index in [0.717, 1.165) is 12.0 Å². The Kier molecular flexibility index (Phi) is 4.07. The largest absolute Gasteiger partial charge is 0.342 e. The topological polar surface area (TPSA) is 69.7 Å². The number of anilines is 1. The number of hydrogen-bond donors (Lipinski definition) is 1. The molecular weight excluding hydrogens is 294 g/mol. The molecule has 1 aliphatic carbocycles. The van der Waals surface area contributed by atoms with E-state index in [1.54, 1.807) is 9.80 Å². The van der Waals surface area contributed by atoms with Crippen LogP contribution in [0.2, 0.25) is 0 Å². The van der Waals surface area contributed by atoms with Gasteiger partial charge in [0, 0.05) is 31.9 Å². The molecule has 1 heterocycles. The van der Waals surface area contributed by atoms with Gasteiger partial charge in [-0.2, -0.15) is 0 Å². The molecule has 23 heavy (non-hydrogen) atoms. The second-order valence-electron chi connectivity index (χ2n) is 6.34. The summed E-state index contributed by atoms with van der Waals surface area (Å²) in [7, 11) is 0. The van der Waals surface area contributed by atoms with Gasteiger partial charge in [0.25, 0.3) is 0 Å². The number of hydrogen-bond acceptors (Lipinski definition) is 3. The molecule has 0 aromatic heterocycles. The number of benzene rings is 1. The van der Waals surface area contributed by atoms with Crippen LogP contribution in [-0.4, -0.2) is 54.2 Å². The van der Waals surface area contributed by atoms with Crippen molar-refractivity contribution in [1.29, 1.82) is 0 Å². The molecule has 122 valence electrons. The molecule has 6 nitrogen and oxygen atoms in total. The van der Waals surface area contributed by atoms with Crippen molar-refractivity contribution < 1.29 is 14.4 Å². The van der Waals surface area contributed by atoms with Crippen LogP contribution in [-0.2, 0) is 14.4 Å². The predicted octanol–water partition coefficient (Wildman–Crippen LogP) is 1.01. The maximum atomic E-state index is 12.7. The Balaban J connectivity index is 1.64. The third-order valence-corrected chi connectivity index (χ3v) is 4.65. The van der Waals surface area contributed by atoms with Crippen LogP contribution in [0.5, 0.6) is 0 Å². The molecule has 2 aliphatic rings. The highest BCUT2D eigenvalue weighted by atomic mass is 16.2. The summed E-state index contributed by atoms with van der Waals surface area (Å²) in [4.78, 5) is 39.4. The van der Waals surface area contributed by atoms with E-state index in [2.05, 4.69) is 5.32 Å². The lowest BCUT2D eigenvalue weighted by molar-refractivity contribution is -0.144. The molecule has 6 heteroatoms. The summed E-state index contributed by atoms with van der Waals surface area (Å²) < 4.78 is 0. The number of piperazine rings is 1. The molecule has 1 aromatic rings. The first-order valence-corrected chi connectivity index (χ1v) is 7.92. The standard InChI is InChI=1S/C17H21N3O3/c1-13-2-4-14(5-3-13)18-15(22)17(6-7-17)16(23)20-10-8-19(12-21)9-11-20/h2-5,12H,6-11H2,1H3,(H,18,22). The van der Waals surface area contributed by atoms with Gasteiger partial charge in [0.05, 0.1) is 0 Å². The van der Waals surface area contributed by atoms with Crippen molar-refractivity contribution in [3.8, 4) is 0 Å². The maximum Gasteiger partial charge on any atom is 0.240 e. The molecule has 1 aliphatic heterocycles. The molecule has 0 spiro atoms. The van der Waals surface area contributed by atoms with Gasteiger partial charge in [-0.25, -0.2) is 0 Å². The van der Waals surface area contributed by atoms with E-state index >= 15 is 0 Å². The van der Waals surface area contributed by atoms with Gasteiger partial charge in [-0.05, 0) is 31.9 Å². The van der Waals surface area contributed by atoms with E-state index in [4.69, 9.17) is 0 Å². The van der Waals surface area contributed by atoms with Gasteiger partial charge in [0.15, 0.2) is 0 Å². The molecule has 0 radical (unpaired) electrons. The molecule has 0 unspecified atom stereocenters. The van der Waals surface area contributed by atoms with E-state index in [0.29, 0.717) is 44.7 Å². The highest BCUT2D eigenvalue weighted by Crippen LogP contribution is 2.48. The minimum Gasteiger partial charge on any atom is -0.342 e. The predicted molar refractivity (Wildman–Crippen MR) is 85.7 cm³/mol. The van der Waals surface area contributed by atoms with Crippen molar-refractivity contribution in [1.82, 2.24) is 9.80 Å². The molecule has 3 amide bonds. The molecule has 1 saturated heterocycles. The van der Waals surface area contributed by atoms with Gasteiger partial charge >= 0.3 is 0 Å². The molecule has 1 N–H and O–H groups in total. The van der Waals surface area contributed by atoms with E-state index in [1.165, 1.54) is 0 Å². The van der Waals surface area contributed by atoms with Crippen molar-refractivity contribution in [3.63, 3.8) is 0 Å². The molecule has 3 rings (SSSR count). The second kappa shape index (κ2) is 6.02. The van der Waals surface area contributed by atoms with Crippen molar-refractivity contribution in [2.45, 2.75) is 19.8 Å². The fourth-order valence-corrected chi connectivity index (χ4v) is 2.88. The highest BCUT2D eigenvalue weighted by Gasteiger charge is 2.58. The first-order chi connectivity index (χ1) is 11.0. The van der Waals surface area contributed by atoms with Crippen molar-refractivity contribution in [2.75, 3.05) is 31.5 Å². The zero-order valence-electron chi connectivity index (χ0n) is 13.2. The normalized spacial score (nSPS) is 19.2. The number of nitrogens with one attached hydrogen (secondary N) is 1. The molecular formula is C17H21N3O3. The Labute approximate surface area is 135 Å². The van der Waals surface area contributed by atoms with Gasteiger partial charge in [0.1, 0.15) is 5.41 Å². The Bertz CT molecular complexity index is 614. The summed E-state index contributed by atoms with van der Waals surface area (Å²) in [6.45, 7) is 4.04. The Morgan fingerprint density at radius 2 is 1.70 bits per heavy atom. The Hall–Kier alpha value is -2.37. The van der Waals surface area contributed by atoms with E-state index in [-0.39, 0.29) is 11.8 Å². The van der Waals surface area contributed by atoms with Crippen molar-refractivity contribution >= 4 is 23.9 Å². The summed E-state index contributed by atoms with van der Waals surface area (Å²) in [6, 6.07) is 7.54. The molecule has 0 bridgehead atoms. The summed E-state index contributed by atoms with van der Waals surface area (Å²) in [5.41, 5.74) is 0.924. The van der Waals surface area contributed by atoms with E-state index in [9.17, 15) is 14.4 Å². The smallest absolute Gasteiger partial charge is 0.240 e. The fraction of sp³-hybridized carbons (Fsp3) is 0.471. The monoisotopic (exact) mass is 315 g/mol. The van der Waals surface area contributed by atoms with Gasteiger partial charge in [-0.3, -0.25) is 14.4 Å². The second-order valence-corrected chi connectivity index (χ2v) is 6.34. The SMILES string of the molecule is Cc1ccc(NC(=O)C2(C(=O)N3CCN(C=O)CC3)CC2)cc1. The van der Waals surface area contributed by atoms with Crippen LogP contribution in [0.4, 0.5) is 5.69 Å². The van der Waals surface area contributed by atoms with Crippen LogP contribution in [0.3, 0.4) is 0 Å². The number of carbonyl (C=O) groups is 3. The van der Waals surface area contributed by atoms with Crippen LogP contribution < -0.4 is 5.32 Å². The van der Waals surface area contributed by atoms with Crippen molar-refractivity contribution in [3.05, 3.63) is 29.8 Å². The highest BCUT2D eigenvalue weighted by molar-refractivity contribution is 6.13. The molecule has 1 aromatic carbocycles. The lowest BCUT2D eigenvalue weighted by Gasteiger charge is -2.34. The number of nitrogens with zero attached hydrogens (tertiary/aromatic N) is 2. The summed E-state index contributed by atoms with van der Waals surface area (Å²) in [5.74, 6) is -0.322. The lowest BCUT2D eigenvalue weighted by atomic mass is 10.0. The lowest BCUT2D eigenvalue weighted by Crippen LogP contribution is -2.52. The number of rotatable bonds is 4. The number of aryl methyl sites for hydroxylation is 1. The average Bonchev–Trinajstić information content (AvgIpc) is 3.38. The Morgan fingerprint density at radius 1 is 1.09 bits per heavy atom. The van der Waals surface area contributed by atoms with Crippen LogP contribution >= 0.6 is 0 Å². The van der Waals surface area contributed by atoms with E-state index in [1.807, 2.05) is 31.2 Å². The summed E-state index contributed by atoms with van der Waals surface area (Å²) in [6.07, 6.45) is 1.99. The third kappa shape index (κ3) is 3.06. The first-order valence-electron chi connectivity index (χ1n) is 7.92. The average molecular weight is 315 g/mol. The van der Waals surface area contributed by atoms with Gasteiger partial charge in [0.2, 0.25) is 18.2 Å². The van der Waals surface area contributed by atoms with Crippen LogP contribution in [0.1, 0.15) is 18.4 Å². The third-order valence-electron chi connectivity index (χ3n) is 4.65. The molecule has 2 fully saturated rings. The minimum absolute atomic E-state index is 0.104. The zero-order valence-corrected chi connectivity index (χ0v) is 13.2. The number of amides is 3. The van der Waals surface area contributed by atoms with Gasteiger partial charge in [-0.1, -0.05) is 17.7 Å². The van der Waals surface area contributed by atoms with E-state index < -0.39 is 5.41 Å². The first kappa shape index (κ1) is 15.5. The Morgan fingerprint density at radius 3 is 2.22 bits per heavy atom. The fourth-order valence-electron chi connectivity index (χ4n) is 2.88. The zero-order chi connectivity index (χ0) is 16.4. The summed E-state index contributed by atoms with van der Waals surface area (Å²) >= 11 is 0. The van der Waals surface area contributed by atoms with Crippen LogP contribution in [0, 0.1) is 12.3 Å². The van der Waals surface area contributed by atoms with Crippen molar-refractivity contribution in [2.24, 2.45) is 5.41 Å². The van der Waals surface area contributed by atoms with Gasteiger partial charge < -0.3 is 15.1 Å². The van der Waals surface area contributed by atoms with Gasteiger partial charge in [-0.15, -0.1) is 0 Å². The quantitative estimate of drug-likeness (QED) is 0.666. The van der Waals surface area contributed by atoms with Crippen LogP contribution in [0.25, 0.3) is 0 Å². The molecule has 0 atom stereocenters. The summed E-state index contributed by atoms with van der Waals surface area (Å²) in [5, 5.41) is 2.86. The molecule has 1 saturated carbocycles. The van der Waals surface area contributed by atoms with Crippen LogP contribution in [0.15, 0.2) is 24.3 Å². The number of carbonyl (C=O) groups excluding carboxylic acids is 3. The minimum atomic E-state index is -0.908.